The Hall–Kier alpha value is -1.95. The lowest BCUT2D eigenvalue weighted by molar-refractivity contribution is 0.0952. The van der Waals surface area contributed by atoms with Gasteiger partial charge in [-0.05, 0) is 33.0 Å². The van der Waals surface area contributed by atoms with E-state index in [1.54, 1.807) is 10.9 Å². The van der Waals surface area contributed by atoms with Crippen LogP contribution in [0.25, 0.3) is 11.0 Å². The van der Waals surface area contributed by atoms with E-state index in [-0.39, 0.29) is 5.91 Å². The van der Waals surface area contributed by atoms with Gasteiger partial charge >= 0.3 is 0 Å². The van der Waals surface area contributed by atoms with Gasteiger partial charge in [-0.15, -0.1) is 0 Å². The molecule has 0 radical (unpaired) electrons. The number of aromatic nitrogens is 3. The Kier molecular flexibility index (Phi) is 3.63. The second-order valence-electron chi connectivity index (χ2n) is 5.93. The molecule has 2 aromatic rings. The van der Waals surface area contributed by atoms with Crippen LogP contribution in [0.1, 0.15) is 34.8 Å². The summed E-state index contributed by atoms with van der Waals surface area (Å²) in [5.74, 6) is 0.469. The molecule has 21 heavy (non-hydrogen) atoms. The summed E-state index contributed by atoms with van der Waals surface area (Å²) in [7, 11) is 5.84. The first-order valence-electron chi connectivity index (χ1n) is 7.32. The van der Waals surface area contributed by atoms with Crippen molar-refractivity contribution >= 4 is 16.9 Å². The van der Waals surface area contributed by atoms with E-state index in [1.165, 1.54) is 0 Å². The summed E-state index contributed by atoms with van der Waals surface area (Å²) in [5.41, 5.74) is 2.50. The number of nitrogens with zero attached hydrogens (tertiary/aromatic N) is 4. The Morgan fingerprint density at radius 2 is 2.24 bits per heavy atom. The van der Waals surface area contributed by atoms with E-state index in [0.29, 0.717) is 18.0 Å². The number of nitrogens with one attached hydrogen (secondary N) is 1. The SMILES string of the molecule is CN(C)CCNC(=O)c1cc(C2CC2)nc2c1cnn2C. The lowest BCUT2D eigenvalue weighted by Gasteiger charge is -2.11. The molecule has 6 nitrogen and oxygen atoms in total. The highest BCUT2D eigenvalue weighted by Crippen LogP contribution is 2.40. The molecule has 0 bridgehead atoms. The van der Waals surface area contributed by atoms with Crippen molar-refractivity contribution in [3.63, 3.8) is 0 Å². The second-order valence-corrected chi connectivity index (χ2v) is 5.93. The summed E-state index contributed by atoms with van der Waals surface area (Å²) in [6.45, 7) is 1.46. The zero-order valence-electron chi connectivity index (χ0n) is 12.8. The molecule has 112 valence electrons. The van der Waals surface area contributed by atoms with Gasteiger partial charge in [-0.3, -0.25) is 9.48 Å². The van der Waals surface area contributed by atoms with Crippen LogP contribution in [0.4, 0.5) is 0 Å². The van der Waals surface area contributed by atoms with Crippen LogP contribution in [0.3, 0.4) is 0 Å². The predicted molar refractivity (Wildman–Crippen MR) is 81.4 cm³/mol. The Balaban J connectivity index is 1.90. The summed E-state index contributed by atoms with van der Waals surface area (Å²) in [4.78, 5) is 19.2. The fourth-order valence-corrected chi connectivity index (χ4v) is 2.40. The predicted octanol–water partition coefficient (Wildman–Crippen LogP) is 1.14. The van der Waals surface area contributed by atoms with E-state index < -0.39 is 0 Å². The fourth-order valence-electron chi connectivity index (χ4n) is 2.40. The Morgan fingerprint density at radius 3 is 2.90 bits per heavy atom. The molecule has 2 aromatic heterocycles. The number of hydrogen-bond acceptors (Lipinski definition) is 4. The van der Waals surface area contributed by atoms with Crippen molar-refractivity contribution in [3.05, 3.63) is 23.5 Å². The molecule has 0 atom stereocenters. The van der Waals surface area contributed by atoms with Crippen molar-refractivity contribution in [2.45, 2.75) is 18.8 Å². The monoisotopic (exact) mass is 287 g/mol. The van der Waals surface area contributed by atoms with Crippen LogP contribution in [-0.4, -0.2) is 52.8 Å². The number of pyridine rings is 1. The summed E-state index contributed by atoms with van der Waals surface area (Å²) in [6.07, 6.45) is 4.05. The Labute approximate surface area is 124 Å². The maximum absolute atomic E-state index is 12.5. The van der Waals surface area contributed by atoms with Gasteiger partial charge in [-0.1, -0.05) is 0 Å². The minimum Gasteiger partial charge on any atom is -0.351 e. The molecule has 0 unspecified atom stereocenters. The van der Waals surface area contributed by atoms with Gasteiger partial charge in [-0.25, -0.2) is 4.98 Å². The third kappa shape index (κ3) is 2.90. The molecule has 0 aromatic carbocycles. The molecule has 2 heterocycles. The summed E-state index contributed by atoms with van der Waals surface area (Å²) in [5, 5.41) is 8.03. The van der Waals surface area contributed by atoms with E-state index in [1.807, 2.05) is 32.1 Å². The minimum absolute atomic E-state index is 0.0425. The minimum atomic E-state index is -0.0425. The van der Waals surface area contributed by atoms with E-state index >= 15 is 0 Å². The van der Waals surface area contributed by atoms with Gasteiger partial charge < -0.3 is 10.2 Å². The fraction of sp³-hybridized carbons (Fsp3) is 0.533. The van der Waals surface area contributed by atoms with Crippen molar-refractivity contribution in [2.24, 2.45) is 7.05 Å². The number of hydrogen-bond donors (Lipinski definition) is 1. The summed E-state index contributed by atoms with van der Waals surface area (Å²) < 4.78 is 1.73. The molecule has 6 heteroatoms. The van der Waals surface area contributed by atoms with Crippen LogP contribution >= 0.6 is 0 Å². The van der Waals surface area contributed by atoms with Gasteiger partial charge in [0.25, 0.3) is 5.91 Å². The molecule has 0 spiro atoms. The Morgan fingerprint density at radius 1 is 1.48 bits per heavy atom. The van der Waals surface area contributed by atoms with Gasteiger partial charge in [0.05, 0.1) is 17.1 Å². The van der Waals surface area contributed by atoms with Crippen molar-refractivity contribution in [2.75, 3.05) is 27.2 Å². The quantitative estimate of drug-likeness (QED) is 0.895. The van der Waals surface area contributed by atoms with Crippen LogP contribution in [0.5, 0.6) is 0 Å². The molecule has 0 aliphatic heterocycles. The Bertz CT molecular complexity index is 672. The number of rotatable bonds is 5. The zero-order chi connectivity index (χ0) is 15.0. The average Bonchev–Trinajstić information content (AvgIpc) is 3.22. The standard InChI is InChI=1S/C15H21N5O/c1-19(2)7-6-16-15(21)11-8-13(10-4-5-10)18-14-12(11)9-17-20(14)3/h8-10H,4-7H2,1-3H3,(H,16,21). The highest BCUT2D eigenvalue weighted by Gasteiger charge is 2.27. The largest absolute Gasteiger partial charge is 0.351 e. The number of fused-ring (bicyclic) bond motifs is 1. The first-order valence-corrected chi connectivity index (χ1v) is 7.32. The van der Waals surface area contributed by atoms with Crippen LogP contribution in [0.2, 0.25) is 0 Å². The molecule has 3 rings (SSSR count). The van der Waals surface area contributed by atoms with Gasteiger partial charge in [0.2, 0.25) is 0 Å². The van der Waals surface area contributed by atoms with E-state index in [0.717, 1.165) is 36.1 Å². The average molecular weight is 287 g/mol. The van der Waals surface area contributed by atoms with Gasteiger partial charge in [0.15, 0.2) is 5.65 Å². The smallest absolute Gasteiger partial charge is 0.252 e. The maximum atomic E-state index is 12.5. The maximum Gasteiger partial charge on any atom is 0.252 e. The van der Waals surface area contributed by atoms with Crippen LogP contribution in [-0.2, 0) is 7.05 Å². The zero-order valence-corrected chi connectivity index (χ0v) is 12.8. The number of carbonyl (C=O) groups excluding carboxylic acids is 1. The van der Waals surface area contributed by atoms with Crippen molar-refractivity contribution < 1.29 is 4.79 Å². The molecular formula is C15H21N5O. The van der Waals surface area contributed by atoms with Crippen molar-refractivity contribution in [1.82, 2.24) is 25.0 Å². The van der Waals surface area contributed by atoms with Gasteiger partial charge in [0.1, 0.15) is 0 Å². The molecule has 0 saturated heterocycles. The highest BCUT2D eigenvalue weighted by atomic mass is 16.1. The van der Waals surface area contributed by atoms with E-state index in [4.69, 9.17) is 0 Å². The molecule has 1 fully saturated rings. The van der Waals surface area contributed by atoms with Gasteiger partial charge in [0, 0.05) is 31.7 Å². The topological polar surface area (TPSA) is 63.1 Å². The number of likely N-dealkylation sites (N-methyl/N-ethyl adjacent to an activating group) is 1. The number of amides is 1. The van der Waals surface area contributed by atoms with Crippen molar-refractivity contribution in [3.8, 4) is 0 Å². The molecular weight excluding hydrogens is 266 g/mol. The third-order valence-electron chi connectivity index (χ3n) is 3.81. The van der Waals surface area contributed by atoms with Crippen LogP contribution in [0.15, 0.2) is 12.3 Å². The number of aryl methyl sites for hydroxylation is 1. The highest BCUT2D eigenvalue weighted by molar-refractivity contribution is 6.05. The summed E-state index contributed by atoms with van der Waals surface area (Å²) >= 11 is 0. The van der Waals surface area contributed by atoms with E-state index in [9.17, 15) is 4.79 Å². The first kappa shape index (κ1) is 14.0. The lowest BCUT2D eigenvalue weighted by Crippen LogP contribution is -2.31. The molecule has 1 N–H and O–H groups in total. The number of carbonyl (C=O) groups is 1. The van der Waals surface area contributed by atoms with Crippen molar-refractivity contribution in [1.29, 1.82) is 0 Å². The molecule has 1 aliphatic rings. The van der Waals surface area contributed by atoms with E-state index in [2.05, 4.69) is 15.4 Å². The van der Waals surface area contributed by atoms with Crippen LogP contribution < -0.4 is 5.32 Å². The van der Waals surface area contributed by atoms with Crippen LogP contribution in [0, 0.1) is 0 Å². The molecule has 1 saturated carbocycles. The first-order chi connectivity index (χ1) is 10.1. The summed E-state index contributed by atoms with van der Waals surface area (Å²) in [6, 6.07) is 1.94. The third-order valence-corrected chi connectivity index (χ3v) is 3.81. The van der Waals surface area contributed by atoms with Gasteiger partial charge in [-0.2, -0.15) is 5.10 Å². The second kappa shape index (κ2) is 5.44. The normalized spacial score (nSPS) is 14.9. The lowest BCUT2D eigenvalue weighted by atomic mass is 10.1. The molecule has 1 aliphatic carbocycles. The molecule has 1 amide bonds.